The van der Waals surface area contributed by atoms with Gasteiger partial charge in [-0.25, -0.2) is 0 Å². The van der Waals surface area contributed by atoms with E-state index in [1.165, 1.54) is 0 Å². The summed E-state index contributed by atoms with van der Waals surface area (Å²) in [5.74, 6) is -0.159. The number of para-hydroxylation sites is 1. The van der Waals surface area contributed by atoms with E-state index < -0.39 is 23.7 Å². The summed E-state index contributed by atoms with van der Waals surface area (Å²) in [7, 11) is 1.66. The summed E-state index contributed by atoms with van der Waals surface area (Å²) in [4.78, 5) is 26.3. The number of carbonyl (C=O) groups is 2. The van der Waals surface area contributed by atoms with Gasteiger partial charge in [0.25, 0.3) is 5.91 Å². The first-order valence-electron chi connectivity index (χ1n) is 15.0. The fraction of sp³-hybridized carbons (Fsp3) is 0.742. The van der Waals surface area contributed by atoms with E-state index >= 15 is 0 Å². The number of benzene rings is 1. The minimum absolute atomic E-state index is 0.00960. The Hall–Kier alpha value is -1.91. The quantitative estimate of drug-likeness (QED) is 0.157. The third-order valence-electron chi connectivity index (χ3n) is 8.46. The number of halogens is 1. The molecule has 0 spiro atoms. The monoisotopic (exact) mass is 597 g/mol. The zero-order valence-corrected chi connectivity index (χ0v) is 26.2. The molecule has 0 radical (unpaired) electrons. The predicted molar refractivity (Wildman–Crippen MR) is 162 cm³/mol. The molecule has 1 aliphatic carbocycles. The van der Waals surface area contributed by atoms with E-state index in [4.69, 9.17) is 27.0 Å². The summed E-state index contributed by atoms with van der Waals surface area (Å²) >= 11 is 6.51. The zero-order valence-electron chi connectivity index (χ0n) is 25.5. The second-order valence-corrected chi connectivity index (χ2v) is 12.7. The van der Waals surface area contributed by atoms with Crippen molar-refractivity contribution in [3.63, 3.8) is 0 Å². The molecule has 1 fully saturated rings. The zero-order chi connectivity index (χ0) is 30.6. The third kappa shape index (κ3) is 10.7. The number of nitrogens with two attached hydrogens (primary N) is 1. The van der Waals surface area contributed by atoms with E-state index in [-0.39, 0.29) is 42.7 Å². The fourth-order valence-electron chi connectivity index (χ4n) is 5.48. The van der Waals surface area contributed by atoms with Crippen LogP contribution < -0.4 is 15.8 Å². The van der Waals surface area contributed by atoms with E-state index in [9.17, 15) is 19.8 Å². The van der Waals surface area contributed by atoms with Gasteiger partial charge >= 0.3 is 0 Å². The van der Waals surface area contributed by atoms with Crippen molar-refractivity contribution in [3.05, 3.63) is 29.8 Å². The summed E-state index contributed by atoms with van der Waals surface area (Å²) < 4.78 is 12.1. The number of unbranched alkanes of at least 4 members (excludes halogenated alkanes) is 1. The van der Waals surface area contributed by atoms with Crippen LogP contribution in [0.1, 0.15) is 83.0 Å². The normalized spacial score (nSPS) is 19.9. The first-order chi connectivity index (χ1) is 19.4. The molecule has 234 valence electrons. The Morgan fingerprint density at radius 2 is 1.83 bits per heavy atom. The number of rotatable bonds is 17. The standard InChI is InChI=1S/C31H52ClN3O6/c1-21(2)22(20-35(32)29(38)23-12-6-9-15-28(23)41-17-11-10-16-40-5)18-25(33)27(37)19-34-30(39)31(3,4)24-13-7-8-14-26(24)36/h6,9,12,15,21-22,24-27,36-37H,7-8,10-11,13-14,16-20,33H2,1-5H3,(H,34,39)/t22-,24-,25+,26-,27+/m1/s1. The molecule has 2 rings (SSSR count). The van der Waals surface area contributed by atoms with Crippen LogP contribution in [0.25, 0.3) is 0 Å². The molecule has 0 bridgehead atoms. The van der Waals surface area contributed by atoms with E-state index in [2.05, 4.69) is 5.32 Å². The van der Waals surface area contributed by atoms with Crippen LogP contribution in [0.15, 0.2) is 24.3 Å². The van der Waals surface area contributed by atoms with Gasteiger partial charge in [0.15, 0.2) is 0 Å². The number of ether oxygens (including phenoxy) is 2. The highest BCUT2D eigenvalue weighted by Gasteiger charge is 2.41. The van der Waals surface area contributed by atoms with Gasteiger partial charge in [-0.15, -0.1) is 0 Å². The van der Waals surface area contributed by atoms with Crippen LogP contribution in [-0.2, 0) is 9.53 Å². The Morgan fingerprint density at radius 1 is 1.17 bits per heavy atom. The van der Waals surface area contributed by atoms with Crippen LogP contribution in [0.5, 0.6) is 5.75 Å². The molecule has 0 saturated heterocycles. The van der Waals surface area contributed by atoms with Gasteiger partial charge in [0.2, 0.25) is 5.91 Å². The number of aliphatic hydroxyl groups is 2. The van der Waals surface area contributed by atoms with Gasteiger partial charge in [0.1, 0.15) is 5.75 Å². The van der Waals surface area contributed by atoms with Gasteiger partial charge in [0.05, 0.1) is 24.4 Å². The molecule has 2 amide bonds. The molecular weight excluding hydrogens is 546 g/mol. The lowest BCUT2D eigenvalue weighted by atomic mass is 9.69. The molecule has 10 heteroatoms. The van der Waals surface area contributed by atoms with Crippen molar-refractivity contribution in [2.75, 3.05) is 33.4 Å². The number of nitrogens with zero attached hydrogens (tertiary/aromatic N) is 1. The van der Waals surface area contributed by atoms with Gasteiger partial charge < -0.3 is 30.7 Å². The highest BCUT2D eigenvalue weighted by atomic mass is 35.5. The van der Waals surface area contributed by atoms with Crippen molar-refractivity contribution >= 4 is 23.6 Å². The van der Waals surface area contributed by atoms with Crippen LogP contribution in [0, 0.1) is 23.2 Å². The smallest absolute Gasteiger partial charge is 0.271 e. The molecule has 0 unspecified atom stereocenters. The number of aliphatic hydroxyl groups excluding tert-OH is 2. The lowest BCUT2D eigenvalue weighted by Crippen LogP contribution is -2.51. The molecule has 5 atom stereocenters. The van der Waals surface area contributed by atoms with Crippen molar-refractivity contribution in [1.29, 1.82) is 0 Å². The van der Waals surface area contributed by atoms with Gasteiger partial charge in [-0.05, 0) is 62.0 Å². The maximum atomic E-state index is 13.3. The van der Waals surface area contributed by atoms with Gasteiger partial charge in [0, 0.05) is 50.0 Å². The Kier molecular flexibility index (Phi) is 14.9. The Balaban J connectivity index is 1.93. The lowest BCUT2D eigenvalue weighted by Gasteiger charge is -2.39. The number of hydrogen-bond acceptors (Lipinski definition) is 7. The topological polar surface area (TPSA) is 134 Å². The second kappa shape index (κ2) is 17.3. The SMILES string of the molecule is COCCCCOc1ccccc1C(=O)N(Cl)C[C@@H](C[C@H](N)[C@@H](O)CNC(=O)C(C)(C)[C@@H]1CCCC[C@H]1O)C(C)C. The van der Waals surface area contributed by atoms with Crippen LogP contribution in [-0.4, -0.2) is 78.1 Å². The van der Waals surface area contributed by atoms with Crippen LogP contribution in [0.4, 0.5) is 0 Å². The highest BCUT2D eigenvalue weighted by molar-refractivity contribution is 6.24. The van der Waals surface area contributed by atoms with Crippen LogP contribution >= 0.6 is 11.8 Å². The van der Waals surface area contributed by atoms with Crippen molar-refractivity contribution in [3.8, 4) is 5.75 Å². The molecule has 1 saturated carbocycles. The van der Waals surface area contributed by atoms with Crippen molar-refractivity contribution in [2.45, 2.75) is 90.9 Å². The molecule has 0 aromatic heterocycles. The van der Waals surface area contributed by atoms with Gasteiger partial charge in [-0.3, -0.25) is 14.0 Å². The molecule has 41 heavy (non-hydrogen) atoms. The average molecular weight is 598 g/mol. The summed E-state index contributed by atoms with van der Waals surface area (Å²) in [6.07, 6.45) is 4.09. The molecule has 0 heterocycles. The summed E-state index contributed by atoms with van der Waals surface area (Å²) in [5.41, 5.74) is 6.00. The van der Waals surface area contributed by atoms with Crippen molar-refractivity contribution in [1.82, 2.24) is 9.74 Å². The molecule has 0 aliphatic heterocycles. The predicted octanol–water partition coefficient (Wildman–Crippen LogP) is 4.13. The maximum Gasteiger partial charge on any atom is 0.271 e. The Bertz CT molecular complexity index is 946. The summed E-state index contributed by atoms with van der Waals surface area (Å²) in [6.45, 7) is 9.10. The Labute approximate surface area is 251 Å². The van der Waals surface area contributed by atoms with Crippen molar-refractivity contribution < 1.29 is 29.3 Å². The molecular formula is C31H52ClN3O6. The largest absolute Gasteiger partial charge is 0.493 e. The minimum atomic E-state index is -0.973. The number of carbonyl (C=O) groups excluding carboxylic acids is 2. The van der Waals surface area contributed by atoms with Crippen LogP contribution in [0.3, 0.4) is 0 Å². The molecule has 1 aliphatic rings. The first-order valence-corrected chi connectivity index (χ1v) is 15.3. The first kappa shape index (κ1) is 35.3. The van der Waals surface area contributed by atoms with Gasteiger partial charge in [-0.2, -0.15) is 0 Å². The molecule has 9 nitrogen and oxygen atoms in total. The second-order valence-electron chi connectivity index (χ2n) is 12.3. The molecule has 5 N–H and O–H groups in total. The van der Waals surface area contributed by atoms with E-state index in [1.807, 2.05) is 33.8 Å². The van der Waals surface area contributed by atoms with E-state index in [0.29, 0.717) is 37.4 Å². The third-order valence-corrected chi connectivity index (χ3v) is 8.75. The van der Waals surface area contributed by atoms with E-state index in [0.717, 1.165) is 36.5 Å². The fourth-order valence-corrected chi connectivity index (χ4v) is 5.75. The number of nitrogens with one attached hydrogen (secondary N) is 1. The average Bonchev–Trinajstić information content (AvgIpc) is 2.94. The molecule has 1 aromatic rings. The molecule has 1 aromatic carbocycles. The minimum Gasteiger partial charge on any atom is -0.493 e. The van der Waals surface area contributed by atoms with Crippen LogP contribution in [0.2, 0.25) is 0 Å². The Morgan fingerprint density at radius 3 is 2.49 bits per heavy atom. The lowest BCUT2D eigenvalue weighted by molar-refractivity contribution is -0.137. The summed E-state index contributed by atoms with van der Waals surface area (Å²) in [5, 5.41) is 24.1. The summed E-state index contributed by atoms with van der Waals surface area (Å²) in [6, 6.07) is 6.40. The number of methoxy groups -OCH3 is 1. The highest BCUT2D eigenvalue weighted by Crippen LogP contribution is 2.38. The van der Waals surface area contributed by atoms with Crippen molar-refractivity contribution in [2.24, 2.45) is 28.9 Å². The van der Waals surface area contributed by atoms with E-state index in [1.54, 1.807) is 25.3 Å². The number of amides is 2. The maximum absolute atomic E-state index is 13.3. The van der Waals surface area contributed by atoms with Gasteiger partial charge in [-0.1, -0.05) is 52.7 Å². The number of hydrogen-bond donors (Lipinski definition) is 4.